The molecule has 0 aliphatic carbocycles. The molecule has 20 heavy (non-hydrogen) atoms. The fourth-order valence-electron chi connectivity index (χ4n) is 3.09. The topological polar surface area (TPSA) is 33.5 Å². The minimum Gasteiger partial charge on any atom is -0.459 e. The van der Waals surface area contributed by atoms with Gasteiger partial charge in [-0.2, -0.15) is 0 Å². The second-order valence-corrected chi connectivity index (χ2v) is 5.61. The quantitative estimate of drug-likeness (QED) is 0.833. The smallest absolute Gasteiger partial charge is 0.290 e. The molecule has 0 N–H and O–H groups in total. The maximum Gasteiger partial charge on any atom is 0.290 e. The first kappa shape index (κ1) is 13.0. The molecule has 1 unspecified atom stereocenters. The van der Waals surface area contributed by atoms with E-state index in [0.717, 1.165) is 13.0 Å². The standard InChI is InChI=1S/C17H19NO2/c1-12(2)16-14-7-4-3-6-13(14)9-10-18(16)17(19)15-8-5-11-20-15/h3-8,11-12,16H,9-10H2,1-2H3. The molecule has 1 aliphatic heterocycles. The monoisotopic (exact) mass is 269 g/mol. The highest BCUT2D eigenvalue weighted by Gasteiger charge is 2.33. The Morgan fingerprint density at radius 3 is 2.75 bits per heavy atom. The summed E-state index contributed by atoms with van der Waals surface area (Å²) < 4.78 is 5.27. The summed E-state index contributed by atoms with van der Waals surface area (Å²) in [6, 6.07) is 12.0. The van der Waals surface area contributed by atoms with Gasteiger partial charge in [-0.15, -0.1) is 0 Å². The average Bonchev–Trinajstić information content (AvgIpc) is 2.99. The van der Waals surface area contributed by atoms with Crippen molar-refractivity contribution in [3.63, 3.8) is 0 Å². The zero-order valence-electron chi connectivity index (χ0n) is 11.9. The predicted octanol–water partition coefficient (Wildman–Crippen LogP) is 3.68. The van der Waals surface area contributed by atoms with Gasteiger partial charge in [-0.3, -0.25) is 4.79 Å². The Bertz CT molecular complexity index is 601. The third-order valence-corrected chi connectivity index (χ3v) is 3.96. The Labute approximate surface area is 119 Å². The molecule has 1 aromatic carbocycles. The van der Waals surface area contributed by atoms with Gasteiger partial charge >= 0.3 is 0 Å². The van der Waals surface area contributed by atoms with Gasteiger partial charge in [0, 0.05) is 6.54 Å². The number of amides is 1. The third-order valence-electron chi connectivity index (χ3n) is 3.96. The molecule has 3 rings (SSSR count). The molecule has 0 bridgehead atoms. The molecule has 1 amide bonds. The molecule has 1 aromatic heterocycles. The van der Waals surface area contributed by atoms with Crippen molar-refractivity contribution in [3.8, 4) is 0 Å². The SMILES string of the molecule is CC(C)C1c2ccccc2CCN1C(=O)c1ccco1. The summed E-state index contributed by atoms with van der Waals surface area (Å²) in [5.41, 5.74) is 2.63. The number of nitrogens with zero attached hydrogens (tertiary/aromatic N) is 1. The lowest BCUT2D eigenvalue weighted by molar-refractivity contribution is 0.0571. The first-order chi connectivity index (χ1) is 9.68. The zero-order chi connectivity index (χ0) is 14.1. The Balaban J connectivity index is 1.98. The number of benzene rings is 1. The highest BCUT2D eigenvalue weighted by molar-refractivity contribution is 5.92. The largest absolute Gasteiger partial charge is 0.459 e. The Morgan fingerprint density at radius 1 is 1.25 bits per heavy atom. The van der Waals surface area contributed by atoms with E-state index in [1.807, 2.05) is 4.90 Å². The van der Waals surface area contributed by atoms with Crippen LogP contribution in [0.3, 0.4) is 0 Å². The Hall–Kier alpha value is -2.03. The highest BCUT2D eigenvalue weighted by atomic mass is 16.3. The molecule has 2 heterocycles. The van der Waals surface area contributed by atoms with E-state index in [1.54, 1.807) is 18.4 Å². The van der Waals surface area contributed by atoms with Gasteiger partial charge in [-0.1, -0.05) is 38.1 Å². The molecule has 0 fully saturated rings. The van der Waals surface area contributed by atoms with Crippen LogP contribution in [0, 0.1) is 5.92 Å². The van der Waals surface area contributed by atoms with Gasteiger partial charge in [0.1, 0.15) is 0 Å². The first-order valence-corrected chi connectivity index (χ1v) is 7.10. The second-order valence-electron chi connectivity index (χ2n) is 5.61. The van der Waals surface area contributed by atoms with Gasteiger partial charge in [0.25, 0.3) is 5.91 Å². The summed E-state index contributed by atoms with van der Waals surface area (Å²) in [7, 11) is 0. The van der Waals surface area contributed by atoms with Crippen molar-refractivity contribution in [2.24, 2.45) is 5.92 Å². The molecule has 104 valence electrons. The van der Waals surface area contributed by atoms with Crippen molar-refractivity contribution >= 4 is 5.91 Å². The van der Waals surface area contributed by atoms with Crippen LogP contribution in [0.2, 0.25) is 0 Å². The molecule has 1 atom stereocenters. The molecular formula is C17H19NO2. The summed E-state index contributed by atoms with van der Waals surface area (Å²) in [6.07, 6.45) is 2.46. The van der Waals surface area contributed by atoms with Crippen molar-refractivity contribution < 1.29 is 9.21 Å². The molecule has 0 saturated carbocycles. The molecule has 0 radical (unpaired) electrons. The average molecular weight is 269 g/mol. The minimum absolute atomic E-state index is 0.0109. The van der Waals surface area contributed by atoms with Crippen LogP contribution in [0.25, 0.3) is 0 Å². The van der Waals surface area contributed by atoms with Gasteiger partial charge in [0.2, 0.25) is 0 Å². The van der Waals surface area contributed by atoms with E-state index < -0.39 is 0 Å². The van der Waals surface area contributed by atoms with Crippen molar-refractivity contribution in [1.82, 2.24) is 4.90 Å². The number of hydrogen-bond acceptors (Lipinski definition) is 2. The molecular weight excluding hydrogens is 250 g/mol. The van der Waals surface area contributed by atoms with Crippen LogP contribution in [0.1, 0.15) is 41.6 Å². The summed E-state index contributed by atoms with van der Waals surface area (Å²) in [5, 5.41) is 0. The molecule has 3 nitrogen and oxygen atoms in total. The van der Waals surface area contributed by atoms with E-state index in [9.17, 15) is 4.79 Å². The van der Waals surface area contributed by atoms with Gasteiger partial charge in [-0.25, -0.2) is 0 Å². The van der Waals surface area contributed by atoms with Crippen molar-refractivity contribution in [2.45, 2.75) is 26.3 Å². The maximum atomic E-state index is 12.6. The minimum atomic E-state index is -0.0109. The second kappa shape index (κ2) is 5.16. The molecule has 1 aliphatic rings. The van der Waals surface area contributed by atoms with E-state index in [1.165, 1.54) is 11.1 Å². The molecule has 0 spiro atoms. The number of carbonyl (C=O) groups is 1. The third kappa shape index (κ3) is 2.13. The summed E-state index contributed by atoms with van der Waals surface area (Å²) in [4.78, 5) is 14.6. The lowest BCUT2D eigenvalue weighted by Crippen LogP contribution is -2.42. The van der Waals surface area contributed by atoms with Crippen LogP contribution in [-0.2, 0) is 6.42 Å². The summed E-state index contributed by atoms with van der Waals surface area (Å²) in [6.45, 7) is 5.07. The fraction of sp³-hybridized carbons (Fsp3) is 0.353. The number of carbonyl (C=O) groups excluding carboxylic acids is 1. The van der Waals surface area contributed by atoms with Gasteiger partial charge in [0.05, 0.1) is 12.3 Å². The number of hydrogen-bond donors (Lipinski definition) is 0. The van der Waals surface area contributed by atoms with Crippen LogP contribution in [0.5, 0.6) is 0 Å². The van der Waals surface area contributed by atoms with E-state index in [2.05, 4.69) is 38.1 Å². The fourth-order valence-corrected chi connectivity index (χ4v) is 3.09. The van der Waals surface area contributed by atoms with E-state index in [-0.39, 0.29) is 11.9 Å². The van der Waals surface area contributed by atoms with Crippen LogP contribution >= 0.6 is 0 Å². The van der Waals surface area contributed by atoms with Crippen molar-refractivity contribution in [3.05, 3.63) is 59.5 Å². The lowest BCUT2D eigenvalue weighted by atomic mass is 9.86. The maximum absolute atomic E-state index is 12.6. The number of rotatable bonds is 2. The lowest BCUT2D eigenvalue weighted by Gasteiger charge is -2.39. The van der Waals surface area contributed by atoms with Crippen LogP contribution in [-0.4, -0.2) is 17.4 Å². The van der Waals surface area contributed by atoms with E-state index in [4.69, 9.17) is 4.42 Å². The van der Waals surface area contributed by atoms with E-state index in [0.29, 0.717) is 11.7 Å². The molecule has 3 heteroatoms. The number of fused-ring (bicyclic) bond motifs is 1. The summed E-state index contributed by atoms with van der Waals surface area (Å²) >= 11 is 0. The molecule has 2 aromatic rings. The van der Waals surface area contributed by atoms with Crippen LogP contribution in [0.15, 0.2) is 47.1 Å². The zero-order valence-corrected chi connectivity index (χ0v) is 11.9. The Morgan fingerprint density at radius 2 is 2.05 bits per heavy atom. The van der Waals surface area contributed by atoms with Gasteiger partial charge in [0.15, 0.2) is 5.76 Å². The van der Waals surface area contributed by atoms with Crippen molar-refractivity contribution in [2.75, 3.05) is 6.54 Å². The summed E-state index contributed by atoms with van der Waals surface area (Å²) in [5.74, 6) is 0.786. The molecule has 0 saturated heterocycles. The normalized spacial score (nSPS) is 18.1. The van der Waals surface area contributed by atoms with Crippen molar-refractivity contribution in [1.29, 1.82) is 0 Å². The van der Waals surface area contributed by atoms with Gasteiger partial charge < -0.3 is 9.32 Å². The number of furan rings is 1. The highest BCUT2D eigenvalue weighted by Crippen LogP contribution is 2.35. The van der Waals surface area contributed by atoms with E-state index >= 15 is 0 Å². The Kier molecular flexibility index (Phi) is 3.35. The van der Waals surface area contributed by atoms with Gasteiger partial charge in [-0.05, 0) is 35.6 Å². The predicted molar refractivity (Wildman–Crippen MR) is 77.5 cm³/mol. The van der Waals surface area contributed by atoms with Crippen LogP contribution < -0.4 is 0 Å². The van der Waals surface area contributed by atoms with Crippen LogP contribution in [0.4, 0.5) is 0 Å². The first-order valence-electron chi connectivity index (χ1n) is 7.10.